The number of terminal acetylenes is 1. The Morgan fingerprint density at radius 1 is 0.922 bits per heavy atom. The number of urea groups is 1. The highest BCUT2D eigenvalue weighted by atomic mass is 32.2. The van der Waals surface area contributed by atoms with Gasteiger partial charge >= 0.3 is 6.03 Å². The van der Waals surface area contributed by atoms with Gasteiger partial charge in [0.15, 0.2) is 9.84 Å². The SMILES string of the molecule is C#CCCC(NC(=O)[C@@H]1[C@@H]2[C@H](CN1C(=O)[C@@H](NC(=O)NC1(CS(=O)(=O)C(C)(C)C)CCCCC1)C(C)(C)C)C2(C)C)C(=O)C(=O)NC1CCCC1. The van der Waals surface area contributed by atoms with Gasteiger partial charge < -0.3 is 26.2 Å². The summed E-state index contributed by atoms with van der Waals surface area (Å²) in [7, 11) is -3.57. The standard InChI is InChI=1S/C38H61N5O7S/c1-10-11-19-26(29(44)32(46)39-24-17-13-14-18-24)40-31(45)28-27-25(37(27,8)9)22-43(28)33(47)30(35(2,3)4)41-34(48)42-38(20-15-12-16-21-38)23-51(49,50)36(5,6)7/h1,24-28,30H,11-23H2,2-9H3,(H,39,46)(H,40,45)(H2,41,42,48)/t25-,26?,27-,28-,30+/m0/s1. The first-order chi connectivity index (χ1) is 23.5. The Hall–Kier alpha value is -3.14. The molecular weight excluding hydrogens is 671 g/mol. The van der Waals surface area contributed by atoms with Crippen LogP contribution in [0.15, 0.2) is 0 Å². The van der Waals surface area contributed by atoms with E-state index in [4.69, 9.17) is 6.42 Å². The fraction of sp³-hybridized carbons (Fsp3) is 0.816. The molecule has 4 N–H and O–H groups in total. The van der Waals surface area contributed by atoms with Crippen LogP contribution in [-0.4, -0.2) is 89.6 Å². The number of Topliss-reactive ketones (excluding diaryl/α,β-unsaturated/α-hetero) is 1. The van der Waals surface area contributed by atoms with Gasteiger partial charge in [-0.05, 0) is 75.5 Å². The van der Waals surface area contributed by atoms with E-state index in [-0.39, 0.29) is 41.9 Å². The van der Waals surface area contributed by atoms with Crippen LogP contribution in [0.4, 0.5) is 4.79 Å². The molecule has 0 bridgehead atoms. The Labute approximate surface area is 305 Å². The van der Waals surface area contributed by atoms with Gasteiger partial charge in [0.2, 0.25) is 17.6 Å². The smallest absolute Gasteiger partial charge is 0.315 e. The van der Waals surface area contributed by atoms with Gasteiger partial charge in [-0.1, -0.05) is 66.7 Å². The van der Waals surface area contributed by atoms with E-state index in [1.54, 1.807) is 20.8 Å². The number of piperidine rings is 1. The molecular formula is C38H61N5O7S. The first-order valence-electron chi connectivity index (χ1n) is 18.7. The first kappa shape index (κ1) is 40.6. The predicted octanol–water partition coefficient (Wildman–Crippen LogP) is 3.63. The van der Waals surface area contributed by atoms with Gasteiger partial charge in [0.25, 0.3) is 5.91 Å². The van der Waals surface area contributed by atoms with Crippen molar-refractivity contribution in [2.75, 3.05) is 12.3 Å². The molecule has 5 amide bonds. The van der Waals surface area contributed by atoms with Crippen LogP contribution in [0.5, 0.6) is 0 Å². The quantitative estimate of drug-likeness (QED) is 0.176. The lowest BCUT2D eigenvalue weighted by Crippen LogP contribution is -2.64. The molecule has 3 saturated carbocycles. The Bertz CT molecular complexity index is 1510. The van der Waals surface area contributed by atoms with Gasteiger partial charge in [-0.3, -0.25) is 19.2 Å². The van der Waals surface area contributed by atoms with Gasteiger partial charge in [0, 0.05) is 19.0 Å². The Kier molecular flexibility index (Phi) is 12.0. The maximum atomic E-state index is 14.5. The van der Waals surface area contributed by atoms with E-state index in [2.05, 4.69) is 27.2 Å². The van der Waals surface area contributed by atoms with Crippen LogP contribution in [0, 0.1) is 35.0 Å². The van der Waals surface area contributed by atoms with Gasteiger partial charge in [0.1, 0.15) is 12.1 Å². The van der Waals surface area contributed by atoms with E-state index in [1.165, 1.54) is 4.90 Å². The van der Waals surface area contributed by atoms with E-state index >= 15 is 0 Å². The summed E-state index contributed by atoms with van der Waals surface area (Å²) in [6, 6.07) is -3.83. The molecule has 4 aliphatic rings. The van der Waals surface area contributed by atoms with E-state index < -0.39 is 73.2 Å². The number of sulfone groups is 1. The minimum absolute atomic E-state index is 0.0327. The van der Waals surface area contributed by atoms with E-state index in [0.717, 1.165) is 44.9 Å². The summed E-state index contributed by atoms with van der Waals surface area (Å²) in [5.74, 6) is -0.338. The van der Waals surface area contributed by atoms with Crippen molar-refractivity contribution in [3.05, 3.63) is 0 Å². The molecule has 12 nitrogen and oxygen atoms in total. The molecule has 3 aliphatic carbocycles. The van der Waals surface area contributed by atoms with E-state index in [1.807, 2.05) is 34.6 Å². The van der Waals surface area contributed by atoms with Crippen LogP contribution < -0.4 is 21.3 Å². The zero-order chi connectivity index (χ0) is 38.2. The Morgan fingerprint density at radius 2 is 1.53 bits per heavy atom. The molecule has 1 unspecified atom stereocenters. The summed E-state index contributed by atoms with van der Waals surface area (Å²) in [5.41, 5.74) is -1.98. The molecule has 0 spiro atoms. The molecule has 0 radical (unpaired) electrons. The average Bonchev–Trinajstić information content (AvgIpc) is 3.44. The number of hydrogen-bond donors (Lipinski definition) is 4. The predicted molar refractivity (Wildman–Crippen MR) is 196 cm³/mol. The van der Waals surface area contributed by atoms with Crippen LogP contribution >= 0.6 is 0 Å². The number of hydrogen-bond acceptors (Lipinski definition) is 7. The van der Waals surface area contributed by atoms with Crippen LogP contribution in [0.1, 0.15) is 126 Å². The second-order valence-electron chi connectivity index (χ2n) is 18.1. The number of ketones is 1. The summed E-state index contributed by atoms with van der Waals surface area (Å²) in [6.07, 6.45) is 12.8. The second-order valence-corrected chi connectivity index (χ2v) is 20.9. The summed E-state index contributed by atoms with van der Waals surface area (Å²) in [4.78, 5) is 70.2. The molecule has 13 heteroatoms. The zero-order valence-corrected chi connectivity index (χ0v) is 32.8. The van der Waals surface area contributed by atoms with Crippen LogP contribution in [0.3, 0.4) is 0 Å². The molecule has 0 aromatic rings. The highest BCUT2D eigenvalue weighted by Gasteiger charge is 2.70. The molecule has 51 heavy (non-hydrogen) atoms. The lowest BCUT2D eigenvalue weighted by Gasteiger charge is -2.41. The minimum Gasteiger partial charge on any atom is -0.347 e. The van der Waals surface area contributed by atoms with Gasteiger partial charge in [-0.25, -0.2) is 13.2 Å². The molecule has 1 aliphatic heterocycles. The number of nitrogens with zero attached hydrogens (tertiary/aromatic N) is 1. The third kappa shape index (κ3) is 9.09. The highest BCUT2D eigenvalue weighted by Crippen LogP contribution is 2.65. The van der Waals surface area contributed by atoms with E-state index in [9.17, 15) is 32.4 Å². The second kappa shape index (κ2) is 15.1. The number of rotatable bonds is 12. The number of likely N-dealkylation sites (tertiary alicyclic amines) is 1. The van der Waals surface area contributed by atoms with Gasteiger partial charge in [0.05, 0.1) is 22.1 Å². The number of fused-ring (bicyclic) bond motifs is 1. The Morgan fingerprint density at radius 3 is 2.08 bits per heavy atom. The number of amides is 5. The number of carbonyl (C=O) groups excluding carboxylic acids is 5. The largest absolute Gasteiger partial charge is 0.347 e. The van der Waals surface area contributed by atoms with Crippen molar-refractivity contribution >= 4 is 39.4 Å². The monoisotopic (exact) mass is 731 g/mol. The number of carbonyl (C=O) groups is 5. The normalized spacial score (nSPS) is 25.5. The molecule has 4 rings (SSSR count). The molecule has 286 valence electrons. The Balaban J connectivity index is 1.54. The highest BCUT2D eigenvalue weighted by molar-refractivity contribution is 7.92. The molecule has 5 atom stereocenters. The molecule has 4 fully saturated rings. The lowest BCUT2D eigenvalue weighted by molar-refractivity contribution is -0.145. The van der Waals surface area contributed by atoms with Crippen molar-refractivity contribution in [1.82, 2.24) is 26.2 Å². The molecule has 1 heterocycles. The fourth-order valence-electron chi connectivity index (χ4n) is 8.39. The van der Waals surface area contributed by atoms with Crippen molar-refractivity contribution in [2.45, 2.75) is 160 Å². The minimum atomic E-state index is -3.57. The third-order valence-electron chi connectivity index (χ3n) is 11.9. The topological polar surface area (TPSA) is 171 Å². The van der Waals surface area contributed by atoms with Crippen LogP contribution in [-0.2, 0) is 29.0 Å². The summed E-state index contributed by atoms with van der Waals surface area (Å²) >= 11 is 0. The fourth-order valence-corrected chi connectivity index (χ4v) is 9.91. The molecule has 0 aromatic heterocycles. The van der Waals surface area contributed by atoms with Crippen LogP contribution in [0.25, 0.3) is 0 Å². The summed E-state index contributed by atoms with van der Waals surface area (Å²) in [5, 5.41) is 11.5. The maximum absolute atomic E-state index is 14.5. The van der Waals surface area contributed by atoms with Gasteiger partial charge in [-0.2, -0.15) is 0 Å². The van der Waals surface area contributed by atoms with Crippen molar-refractivity contribution < 1.29 is 32.4 Å². The summed E-state index contributed by atoms with van der Waals surface area (Å²) < 4.78 is 25.7. The maximum Gasteiger partial charge on any atom is 0.315 e. The summed E-state index contributed by atoms with van der Waals surface area (Å²) in [6.45, 7) is 14.8. The molecule has 0 aromatic carbocycles. The van der Waals surface area contributed by atoms with Crippen molar-refractivity contribution in [3.8, 4) is 12.3 Å². The number of nitrogens with one attached hydrogen (secondary N) is 4. The van der Waals surface area contributed by atoms with Crippen molar-refractivity contribution in [1.29, 1.82) is 0 Å². The lowest BCUT2D eigenvalue weighted by atomic mass is 9.83. The average molecular weight is 732 g/mol. The van der Waals surface area contributed by atoms with Gasteiger partial charge in [-0.15, -0.1) is 12.3 Å². The molecule has 1 saturated heterocycles. The third-order valence-corrected chi connectivity index (χ3v) is 14.7. The van der Waals surface area contributed by atoms with Crippen LogP contribution in [0.2, 0.25) is 0 Å². The first-order valence-corrected chi connectivity index (χ1v) is 20.4. The zero-order valence-electron chi connectivity index (χ0n) is 31.9. The van der Waals surface area contributed by atoms with Crippen molar-refractivity contribution in [2.24, 2.45) is 22.7 Å². The van der Waals surface area contributed by atoms with Crippen molar-refractivity contribution in [3.63, 3.8) is 0 Å². The van der Waals surface area contributed by atoms with E-state index in [0.29, 0.717) is 19.4 Å².